The van der Waals surface area contributed by atoms with E-state index in [2.05, 4.69) is 15.9 Å². The van der Waals surface area contributed by atoms with E-state index in [1.807, 2.05) is 0 Å². The van der Waals surface area contributed by atoms with E-state index in [0.29, 0.717) is 17.1 Å². The summed E-state index contributed by atoms with van der Waals surface area (Å²) >= 11 is 3.20. The highest BCUT2D eigenvalue weighted by Gasteiger charge is 2.22. The van der Waals surface area contributed by atoms with Crippen molar-refractivity contribution in [2.75, 3.05) is 14.2 Å². The van der Waals surface area contributed by atoms with Crippen molar-refractivity contribution in [3.8, 4) is 11.5 Å². The Balaban J connectivity index is 3.12. The molecule has 1 unspecified atom stereocenters. The lowest BCUT2D eigenvalue weighted by molar-refractivity contribution is -0.135. The number of ether oxygens (including phenoxy) is 2. The standard InChI is InChI=1S/C12H13BrO4/c1-7(14)12(15)11(13)8-4-9(16-2)6-10(5-8)17-3/h4-6,11H,1-3H3. The number of hydrogen-bond donors (Lipinski definition) is 0. The molecule has 1 aromatic carbocycles. The number of ketones is 2. The largest absolute Gasteiger partial charge is 0.497 e. The summed E-state index contributed by atoms with van der Waals surface area (Å²) in [6, 6.07) is 5.06. The second kappa shape index (κ2) is 5.82. The highest BCUT2D eigenvalue weighted by atomic mass is 79.9. The van der Waals surface area contributed by atoms with Gasteiger partial charge >= 0.3 is 0 Å². The van der Waals surface area contributed by atoms with Crippen LogP contribution in [0.15, 0.2) is 18.2 Å². The molecule has 92 valence electrons. The Bertz CT molecular complexity index is 420. The Hall–Kier alpha value is -1.36. The Kier molecular flexibility index (Phi) is 4.69. The molecule has 0 saturated carbocycles. The molecular formula is C12H13BrO4. The first-order valence-corrected chi connectivity index (χ1v) is 5.83. The van der Waals surface area contributed by atoms with Crippen LogP contribution < -0.4 is 9.47 Å². The van der Waals surface area contributed by atoms with E-state index >= 15 is 0 Å². The summed E-state index contributed by atoms with van der Waals surface area (Å²) in [5.41, 5.74) is 0.626. The van der Waals surface area contributed by atoms with E-state index in [4.69, 9.17) is 9.47 Å². The van der Waals surface area contributed by atoms with Gasteiger partial charge in [0.05, 0.1) is 14.2 Å². The van der Waals surface area contributed by atoms with Gasteiger partial charge in [0, 0.05) is 13.0 Å². The molecule has 1 atom stereocenters. The van der Waals surface area contributed by atoms with Crippen molar-refractivity contribution in [1.82, 2.24) is 0 Å². The predicted octanol–water partition coefficient (Wildman–Crippen LogP) is 2.30. The molecule has 4 nitrogen and oxygen atoms in total. The summed E-state index contributed by atoms with van der Waals surface area (Å²) < 4.78 is 10.2. The average molecular weight is 301 g/mol. The fourth-order valence-electron chi connectivity index (χ4n) is 1.31. The van der Waals surface area contributed by atoms with Crippen LogP contribution in [-0.4, -0.2) is 25.8 Å². The zero-order valence-corrected chi connectivity index (χ0v) is 11.4. The summed E-state index contributed by atoms with van der Waals surface area (Å²) in [6.07, 6.45) is 0. The Morgan fingerprint density at radius 2 is 1.59 bits per heavy atom. The molecule has 5 heteroatoms. The van der Waals surface area contributed by atoms with Crippen molar-refractivity contribution >= 4 is 27.5 Å². The summed E-state index contributed by atoms with van der Waals surface area (Å²) in [6.45, 7) is 1.24. The van der Waals surface area contributed by atoms with Gasteiger partial charge in [-0.15, -0.1) is 0 Å². The molecule has 0 aliphatic carbocycles. The maximum absolute atomic E-state index is 11.6. The molecule has 1 rings (SSSR count). The third-order valence-electron chi connectivity index (χ3n) is 2.24. The van der Waals surface area contributed by atoms with Crippen molar-refractivity contribution in [2.45, 2.75) is 11.8 Å². The number of carbonyl (C=O) groups excluding carboxylic acids is 2. The van der Waals surface area contributed by atoms with Crippen molar-refractivity contribution in [1.29, 1.82) is 0 Å². The van der Waals surface area contributed by atoms with Gasteiger partial charge in [0.1, 0.15) is 16.3 Å². The number of rotatable bonds is 5. The van der Waals surface area contributed by atoms with Gasteiger partial charge in [0.25, 0.3) is 0 Å². The fraction of sp³-hybridized carbons (Fsp3) is 0.333. The number of methoxy groups -OCH3 is 2. The van der Waals surface area contributed by atoms with Crippen LogP contribution in [0.5, 0.6) is 11.5 Å². The van der Waals surface area contributed by atoms with Crippen LogP contribution in [0.1, 0.15) is 17.3 Å². The monoisotopic (exact) mass is 300 g/mol. The van der Waals surface area contributed by atoms with Crippen molar-refractivity contribution in [3.63, 3.8) is 0 Å². The Morgan fingerprint density at radius 3 is 1.94 bits per heavy atom. The number of carbonyl (C=O) groups is 2. The van der Waals surface area contributed by atoms with Crippen LogP contribution in [-0.2, 0) is 9.59 Å². The van der Waals surface area contributed by atoms with E-state index in [1.165, 1.54) is 21.1 Å². The number of hydrogen-bond acceptors (Lipinski definition) is 4. The molecule has 0 N–H and O–H groups in total. The molecule has 0 amide bonds. The minimum Gasteiger partial charge on any atom is -0.497 e. The molecule has 1 aromatic rings. The van der Waals surface area contributed by atoms with E-state index in [0.717, 1.165) is 0 Å². The predicted molar refractivity (Wildman–Crippen MR) is 66.9 cm³/mol. The van der Waals surface area contributed by atoms with Crippen LogP contribution in [0.2, 0.25) is 0 Å². The van der Waals surface area contributed by atoms with Gasteiger partial charge in [-0.25, -0.2) is 0 Å². The van der Waals surface area contributed by atoms with Crippen molar-refractivity contribution in [2.24, 2.45) is 0 Å². The number of benzene rings is 1. The third kappa shape index (κ3) is 3.30. The molecule has 0 spiro atoms. The first-order valence-electron chi connectivity index (χ1n) is 4.91. The van der Waals surface area contributed by atoms with Crippen molar-refractivity contribution < 1.29 is 19.1 Å². The molecule has 0 radical (unpaired) electrons. The van der Waals surface area contributed by atoms with Crippen LogP contribution >= 0.6 is 15.9 Å². The minimum absolute atomic E-state index is 0.492. The Labute approximate surface area is 108 Å². The molecule has 17 heavy (non-hydrogen) atoms. The maximum Gasteiger partial charge on any atom is 0.216 e. The zero-order chi connectivity index (χ0) is 13.0. The van der Waals surface area contributed by atoms with E-state index in [-0.39, 0.29) is 0 Å². The summed E-state index contributed by atoms with van der Waals surface area (Å²) in [4.78, 5) is 21.9. The van der Waals surface area contributed by atoms with Gasteiger partial charge in [-0.05, 0) is 17.7 Å². The lowest BCUT2D eigenvalue weighted by Crippen LogP contribution is -2.15. The molecule has 0 fully saturated rings. The molecule has 0 aromatic heterocycles. The highest BCUT2D eigenvalue weighted by Crippen LogP contribution is 2.31. The zero-order valence-electron chi connectivity index (χ0n) is 9.82. The first kappa shape index (κ1) is 13.7. The van der Waals surface area contributed by atoms with E-state index in [9.17, 15) is 9.59 Å². The number of Topliss-reactive ketones (excluding diaryl/α,β-unsaturated/α-hetero) is 2. The summed E-state index contributed by atoms with van der Waals surface area (Å²) in [5, 5.41) is 0. The fourth-order valence-corrected chi connectivity index (χ4v) is 1.89. The molecule has 0 heterocycles. The summed E-state index contributed by atoms with van der Waals surface area (Å²) in [7, 11) is 3.04. The molecule has 0 aliphatic rings. The normalized spacial score (nSPS) is 11.8. The van der Waals surface area contributed by atoms with Gasteiger partial charge in [-0.2, -0.15) is 0 Å². The average Bonchev–Trinajstić information content (AvgIpc) is 2.35. The van der Waals surface area contributed by atoms with Gasteiger partial charge < -0.3 is 9.47 Å². The molecular weight excluding hydrogens is 288 g/mol. The number of halogens is 1. The maximum atomic E-state index is 11.6. The Morgan fingerprint density at radius 1 is 1.12 bits per heavy atom. The van der Waals surface area contributed by atoms with Gasteiger partial charge in [-0.1, -0.05) is 15.9 Å². The second-order valence-corrected chi connectivity index (χ2v) is 4.34. The van der Waals surface area contributed by atoms with Crippen LogP contribution in [0.25, 0.3) is 0 Å². The topological polar surface area (TPSA) is 52.6 Å². The quantitative estimate of drug-likeness (QED) is 0.618. The SMILES string of the molecule is COc1cc(OC)cc(C(Br)C(=O)C(C)=O)c1. The van der Waals surface area contributed by atoms with Gasteiger partial charge in [0.15, 0.2) is 5.78 Å². The smallest absolute Gasteiger partial charge is 0.216 e. The van der Waals surface area contributed by atoms with Crippen molar-refractivity contribution in [3.05, 3.63) is 23.8 Å². The molecule has 0 saturated heterocycles. The molecule has 0 bridgehead atoms. The van der Waals surface area contributed by atoms with E-state index in [1.54, 1.807) is 18.2 Å². The highest BCUT2D eigenvalue weighted by molar-refractivity contribution is 9.09. The first-order chi connectivity index (χ1) is 7.99. The lowest BCUT2D eigenvalue weighted by Gasteiger charge is -2.11. The van der Waals surface area contributed by atoms with Crippen LogP contribution in [0, 0.1) is 0 Å². The second-order valence-electron chi connectivity index (χ2n) is 3.43. The van der Waals surface area contributed by atoms with Gasteiger partial charge in [0.2, 0.25) is 5.78 Å². The number of alkyl halides is 1. The van der Waals surface area contributed by atoms with Crippen LogP contribution in [0.3, 0.4) is 0 Å². The minimum atomic E-state index is -0.677. The van der Waals surface area contributed by atoms with E-state index < -0.39 is 16.4 Å². The van der Waals surface area contributed by atoms with Gasteiger partial charge in [-0.3, -0.25) is 9.59 Å². The third-order valence-corrected chi connectivity index (χ3v) is 3.19. The molecule has 0 aliphatic heterocycles. The van der Waals surface area contributed by atoms with Crippen LogP contribution in [0.4, 0.5) is 0 Å². The lowest BCUT2D eigenvalue weighted by atomic mass is 10.1. The summed E-state index contributed by atoms with van der Waals surface area (Å²) in [5.74, 6) is 0.147.